The zero-order valence-corrected chi connectivity index (χ0v) is 27.7. The number of rotatable bonds is 10. The SMILES string of the molecule is COc1ccc(CO[C@H]2C(O)[C@]3(CO[Si](c4ccccc4)(c4ccccc4)C(C)(C)C)CC3[C@H]2n2cnc3c(N)ncnc32)cc1. The van der Waals surface area contributed by atoms with Gasteiger partial charge < -0.3 is 29.3 Å². The van der Waals surface area contributed by atoms with Crippen LogP contribution in [0, 0.1) is 11.3 Å². The van der Waals surface area contributed by atoms with Gasteiger partial charge in [-0.05, 0) is 45.4 Å². The molecular formula is C36H41N5O4Si. The maximum atomic E-state index is 12.2. The van der Waals surface area contributed by atoms with Gasteiger partial charge in [-0.2, -0.15) is 0 Å². The highest BCUT2D eigenvalue weighted by atomic mass is 28.4. The van der Waals surface area contributed by atoms with Gasteiger partial charge in [-0.3, -0.25) is 0 Å². The summed E-state index contributed by atoms with van der Waals surface area (Å²) in [5.74, 6) is 1.20. The van der Waals surface area contributed by atoms with Gasteiger partial charge in [0.05, 0.1) is 32.2 Å². The van der Waals surface area contributed by atoms with Crippen molar-refractivity contribution in [1.29, 1.82) is 0 Å². The molecule has 2 aliphatic rings. The first-order valence-corrected chi connectivity index (χ1v) is 17.7. The van der Waals surface area contributed by atoms with Crippen LogP contribution in [-0.2, 0) is 15.8 Å². The van der Waals surface area contributed by atoms with Crippen molar-refractivity contribution in [3.63, 3.8) is 0 Å². The lowest BCUT2D eigenvalue weighted by atomic mass is 10.00. The Balaban J connectivity index is 1.26. The Kier molecular flexibility index (Phi) is 7.71. The summed E-state index contributed by atoms with van der Waals surface area (Å²) in [6, 6.07) is 28.8. The fourth-order valence-corrected chi connectivity index (χ4v) is 12.3. The molecule has 2 aromatic heterocycles. The third-order valence-electron chi connectivity index (χ3n) is 10.1. The summed E-state index contributed by atoms with van der Waals surface area (Å²) in [5, 5.41) is 14.5. The van der Waals surface area contributed by atoms with Crippen molar-refractivity contribution in [2.24, 2.45) is 11.3 Å². The van der Waals surface area contributed by atoms with Gasteiger partial charge in [0.15, 0.2) is 11.5 Å². The number of aliphatic hydroxyl groups is 1. The van der Waals surface area contributed by atoms with Crippen LogP contribution >= 0.6 is 0 Å². The van der Waals surface area contributed by atoms with Crippen LogP contribution < -0.4 is 20.8 Å². The molecule has 238 valence electrons. The summed E-state index contributed by atoms with van der Waals surface area (Å²) < 4.78 is 21.4. The number of benzene rings is 3. The molecular weight excluding hydrogens is 595 g/mol. The summed E-state index contributed by atoms with van der Waals surface area (Å²) >= 11 is 0. The molecule has 0 amide bonds. The standard InChI is InChI=1S/C36H41N5O4Si/c1-35(2,3)46(26-11-7-5-8-12-26,27-13-9-6-10-14-27)45-21-36-19-28(36)30(41-23-40-29-33(37)38-22-39-34(29)41)31(32(36)42)44-20-24-15-17-25(43-4)18-16-24/h5-18,22-23,28,30-32,42H,19-21H2,1-4H3,(H2,37,38,39)/t28?,30-,31-,32?,36+/m1/s1. The topological polar surface area (TPSA) is 118 Å². The second kappa shape index (κ2) is 11.6. The van der Waals surface area contributed by atoms with Crippen molar-refractivity contribution in [2.75, 3.05) is 19.5 Å². The zero-order valence-electron chi connectivity index (χ0n) is 26.7. The van der Waals surface area contributed by atoms with Crippen LogP contribution in [0.4, 0.5) is 5.82 Å². The number of methoxy groups -OCH3 is 1. The molecule has 2 saturated carbocycles. The van der Waals surface area contributed by atoms with Crippen LogP contribution in [-0.4, -0.2) is 58.9 Å². The third-order valence-corrected chi connectivity index (χ3v) is 15.1. The maximum Gasteiger partial charge on any atom is 0.261 e. The first kappa shape index (κ1) is 30.6. The number of nitrogens with two attached hydrogens (primary N) is 1. The van der Waals surface area contributed by atoms with Gasteiger partial charge in [-0.25, -0.2) is 15.0 Å². The molecule has 2 unspecified atom stereocenters. The number of ether oxygens (including phenoxy) is 2. The molecule has 10 heteroatoms. The monoisotopic (exact) mass is 635 g/mol. The number of imidazole rings is 1. The molecule has 2 fully saturated rings. The Morgan fingerprint density at radius 1 is 0.935 bits per heavy atom. The van der Waals surface area contributed by atoms with Crippen LogP contribution in [0.15, 0.2) is 97.6 Å². The average Bonchev–Trinajstić information content (AvgIpc) is 3.55. The van der Waals surface area contributed by atoms with E-state index in [0.717, 1.165) is 17.7 Å². The maximum absolute atomic E-state index is 12.2. The molecule has 7 rings (SSSR count). The second-order valence-corrected chi connectivity index (χ2v) is 17.9. The smallest absolute Gasteiger partial charge is 0.261 e. The van der Waals surface area contributed by atoms with E-state index >= 15 is 0 Å². The Hall–Kier alpha value is -4.09. The van der Waals surface area contributed by atoms with Crippen LogP contribution in [0.5, 0.6) is 5.75 Å². The molecule has 0 radical (unpaired) electrons. The number of nitrogen functional groups attached to an aromatic ring is 1. The van der Waals surface area contributed by atoms with Gasteiger partial charge in [-0.1, -0.05) is 93.6 Å². The molecule has 5 aromatic rings. The largest absolute Gasteiger partial charge is 0.497 e. The average molecular weight is 636 g/mol. The first-order chi connectivity index (χ1) is 22.2. The Morgan fingerprint density at radius 3 is 2.20 bits per heavy atom. The lowest BCUT2D eigenvalue weighted by Gasteiger charge is -2.44. The number of anilines is 1. The van der Waals surface area contributed by atoms with Gasteiger partial charge in [0.25, 0.3) is 8.32 Å². The Labute approximate surface area is 270 Å². The molecule has 2 heterocycles. The highest BCUT2D eigenvalue weighted by Gasteiger charge is 2.73. The van der Waals surface area contributed by atoms with E-state index in [0.29, 0.717) is 30.2 Å². The van der Waals surface area contributed by atoms with E-state index < -0.39 is 25.9 Å². The van der Waals surface area contributed by atoms with Crippen LogP contribution in [0.1, 0.15) is 38.8 Å². The molecule has 3 aromatic carbocycles. The van der Waals surface area contributed by atoms with Crippen molar-refractivity contribution >= 4 is 35.7 Å². The van der Waals surface area contributed by atoms with Crippen molar-refractivity contribution in [3.05, 3.63) is 103 Å². The van der Waals surface area contributed by atoms with E-state index in [1.807, 2.05) is 41.0 Å². The summed E-state index contributed by atoms with van der Waals surface area (Å²) in [6.07, 6.45) is 2.74. The van der Waals surface area contributed by atoms with E-state index in [2.05, 4.69) is 84.3 Å². The van der Waals surface area contributed by atoms with Crippen LogP contribution in [0.3, 0.4) is 0 Å². The fourth-order valence-electron chi connectivity index (χ4n) is 7.69. The van der Waals surface area contributed by atoms with Crippen molar-refractivity contribution < 1.29 is 19.0 Å². The number of hydrogen-bond donors (Lipinski definition) is 2. The number of fused-ring (bicyclic) bond motifs is 2. The molecule has 3 N–H and O–H groups in total. The van der Waals surface area contributed by atoms with E-state index in [1.165, 1.54) is 16.7 Å². The molecule has 5 atom stereocenters. The minimum Gasteiger partial charge on any atom is -0.497 e. The van der Waals surface area contributed by atoms with E-state index in [1.54, 1.807) is 13.4 Å². The third kappa shape index (κ3) is 4.91. The molecule has 0 spiro atoms. The first-order valence-electron chi connectivity index (χ1n) is 15.8. The zero-order chi connectivity index (χ0) is 32.1. The summed E-state index contributed by atoms with van der Waals surface area (Å²) in [4.78, 5) is 13.3. The van der Waals surface area contributed by atoms with E-state index in [9.17, 15) is 5.11 Å². The fraction of sp³-hybridized carbons (Fsp3) is 0.361. The number of aromatic nitrogens is 4. The van der Waals surface area contributed by atoms with Gasteiger partial charge in [0.1, 0.15) is 23.7 Å². The van der Waals surface area contributed by atoms with E-state index in [4.69, 9.17) is 19.6 Å². The highest BCUT2D eigenvalue weighted by molar-refractivity contribution is 6.99. The second-order valence-electron chi connectivity index (χ2n) is 13.6. The van der Waals surface area contributed by atoms with Gasteiger partial charge >= 0.3 is 0 Å². The minimum atomic E-state index is -2.83. The molecule has 0 aliphatic heterocycles. The predicted molar refractivity (Wildman–Crippen MR) is 180 cm³/mol. The number of hydrogen-bond acceptors (Lipinski definition) is 8. The number of nitrogens with zero attached hydrogens (tertiary/aromatic N) is 4. The highest BCUT2D eigenvalue weighted by Crippen LogP contribution is 2.69. The lowest BCUT2D eigenvalue weighted by Crippen LogP contribution is -2.67. The van der Waals surface area contributed by atoms with Crippen LogP contribution in [0.2, 0.25) is 5.04 Å². The normalized spacial score (nSPS) is 24.2. The van der Waals surface area contributed by atoms with Gasteiger partial charge in [0.2, 0.25) is 0 Å². The lowest BCUT2D eigenvalue weighted by molar-refractivity contribution is -0.0775. The minimum absolute atomic E-state index is 0.0928. The number of aliphatic hydroxyl groups excluding tert-OH is 1. The molecule has 9 nitrogen and oxygen atoms in total. The Bertz CT molecular complexity index is 1770. The molecule has 0 bridgehead atoms. The van der Waals surface area contributed by atoms with E-state index in [-0.39, 0.29) is 17.0 Å². The van der Waals surface area contributed by atoms with Crippen molar-refractivity contribution in [3.8, 4) is 5.75 Å². The predicted octanol–water partition coefficient (Wildman–Crippen LogP) is 4.50. The van der Waals surface area contributed by atoms with Gasteiger partial charge in [0, 0.05) is 12.0 Å². The van der Waals surface area contributed by atoms with Gasteiger partial charge in [-0.15, -0.1) is 0 Å². The summed E-state index contributed by atoms with van der Waals surface area (Å²) in [5.41, 5.74) is 7.86. The summed E-state index contributed by atoms with van der Waals surface area (Å²) in [7, 11) is -1.18. The summed E-state index contributed by atoms with van der Waals surface area (Å²) in [6.45, 7) is 7.58. The molecule has 0 saturated heterocycles. The quantitative estimate of drug-likeness (QED) is 0.216. The Morgan fingerprint density at radius 2 is 1.59 bits per heavy atom. The molecule has 2 aliphatic carbocycles. The van der Waals surface area contributed by atoms with Crippen LogP contribution in [0.25, 0.3) is 11.2 Å². The molecule has 46 heavy (non-hydrogen) atoms. The van der Waals surface area contributed by atoms with Crippen molar-refractivity contribution in [2.45, 2.75) is 57.1 Å². The van der Waals surface area contributed by atoms with Crippen molar-refractivity contribution in [1.82, 2.24) is 19.5 Å².